The number of esters is 1. The molecule has 5 heterocycles. The van der Waals surface area contributed by atoms with Crippen LogP contribution in [0.1, 0.15) is 56.0 Å². The van der Waals surface area contributed by atoms with Gasteiger partial charge in [-0.2, -0.15) is 0 Å². The monoisotopic (exact) mass is 488 g/mol. The molecule has 7 rings (SSSR count). The molecule has 4 aliphatic heterocycles. The second-order valence-corrected chi connectivity index (χ2v) is 11.5. The summed E-state index contributed by atoms with van der Waals surface area (Å²) in [5, 5.41) is 0. The Morgan fingerprint density at radius 1 is 1.11 bits per heavy atom. The molecule has 0 N–H and O–H groups in total. The van der Waals surface area contributed by atoms with Gasteiger partial charge in [-0.1, -0.05) is 42.8 Å². The standard InChI is InChI=1S/C30H38N3O3/c1-22-11-12-25-26(19-22)35-28(31-25)21-33-17-13-23(14-18-33)27(20-33)36-29(34)30(2,24-9-5-3-6-10-24)32-15-7-4-8-16-32/h3,5-6,9-12,19,23,27H,4,7-8,13-18,20-21H2,1-2H3/q+1/t23?,27-,30-,33?/m0/s1. The summed E-state index contributed by atoms with van der Waals surface area (Å²) in [5.41, 5.74) is 3.24. The number of carbonyl (C=O) groups excluding carboxylic acids is 1. The van der Waals surface area contributed by atoms with Crippen LogP contribution in [0.2, 0.25) is 0 Å². The van der Waals surface area contributed by atoms with Gasteiger partial charge in [-0.3, -0.25) is 4.90 Å². The molecule has 2 atom stereocenters. The molecule has 0 spiro atoms. The number of ether oxygens (including phenoxy) is 1. The Morgan fingerprint density at radius 2 is 1.86 bits per heavy atom. The average molecular weight is 489 g/mol. The molecule has 3 aromatic rings. The summed E-state index contributed by atoms with van der Waals surface area (Å²) in [6, 6.07) is 16.4. The van der Waals surface area contributed by atoms with Crippen LogP contribution in [0.3, 0.4) is 0 Å². The third-order valence-corrected chi connectivity index (χ3v) is 9.08. The zero-order chi connectivity index (χ0) is 24.8. The smallest absolute Gasteiger partial charge is 0.331 e. The van der Waals surface area contributed by atoms with E-state index in [0.29, 0.717) is 5.92 Å². The molecule has 2 aromatic carbocycles. The largest absolute Gasteiger partial charge is 0.454 e. The summed E-state index contributed by atoms with van der Waals surface area (Å²) in [6.45, 7) is 9.82. The third-order valence-electron chi connectivity index (χ3n) is 9.08. The Kier molecular flexibility index (Phi) is 6.12. The summed E-state index contributed by atoms with van der Waals surface area (Å²) in [7, 11) is 0. The molecular weight excluding hydrogens is 450 g/mol. The fourth-order valence-electron chi connectivity index (χ4n) is 6.80. The van der Waals surface area contributed by atoms with Crippen LogP contribution >= 0.6 is 0 Å². The molecule has 2 bridgehead atoms. The summed E-state index contributed by atoms with van der Waals surface area (Å²) >= 11 is 0. The van der Waals surface area contributed by atoms with Crippen molar-refractivity contribution in [2.24, 2.45) is 5.92 Å². The van der Waals surface area contributed by atoms with E-state index in [2.05, 4.69) is 43.0 Å². The number of aromatic nitrogens is 1. The number of benzene rings is 2. The SMILES string of the molecule is Cc1ccc2nc(C[N+]34CCC(CC3)[C@@H](OC(=O)[C@](C)(c3ccccc3)N3CCCCC3)C4)oc2c1. The van der Waals surface area contributed by atoms with E-state index >= 15 is 0 Å². The van der Waals surface area contributed by atoms with Crippen LogP contribution in [0, 0.1) is 12.8 Å². The molecule has 36 heavy (non-hydrogen) atoms. The van der Waals surface area contributed by atoms with Crippen molar-refractivity contribution >= 4 is 17.1 Å². The highest BCUT2D eigenvalue weighted by Gasteiger charge is 2.51. The number of hydrogen-bond donors (Lipinski definition) is 0. The lowest BCUT2D eigenvalue weighted by atomic mass is 9.82. The molecule has 0 aliphatic carbocycles. The van der Waals surface area contributed by atoms with Crippen LogP contribution in [0.25, 0.3) is 11.1 Å². The molecule has 4 aliphatic rings. The van der Waals surface area contributed by atoms with E-state index < -0.39 is 5.54 Å². The predicted molar refractivity (Wildman–Crippen MR) is 139 cm³/mol. The van der Waals surface area contributed by atoms with Crippen molar-refractivity contribution in [3.63, 3.8) is 0 Å². The van der Waals surface area contributed by atoms with Crippen LogP contribution in [0.4, 0.5) is 0 Å². The average Bonchev–Trinajstić information content (AvgIpc) is 3.30. The highest BCUT2D eigenvalue weighted by molar-refractivity contribution is 5.82. The van der Waals surface area contributed by atoms with Gasteiger partial charge in [0.15, 0.2) is 18.2 Å². The lowest BCUT2D eigenvalue weighted by Gasteiger charge is -2.52. The molecular formula is C30H38N3O3+. The maximum atomic E-state index is 14.0. The topological polar surface area (TPSA) is 55.6 Å². The number of rotatable bonds is 6. The number of likely N-dealkylation sites (tertiary alicyclic amines) is 1. The molecule has 1 aromatic heterocycles. The van der Waals surface area contributed by atoms with E-state index in [1.165, 1.54) is 12.0 Å². The van der Waals surface area contributed by atoms with Crippen molar-refractivity contribution in [1.29, 1.82) is 0 Å². The number of piperidine rings is 4. The number of oxazole rings is 1. The lowest BCUT2D eigenvalue weighted by molar-refractivity contribution is -0.959. The van der Waals surface area contributed by atoms with Gasteiger partial charge in [-0.05, 0) is 63.0 Å². The predicted octanol–water partition coefficient (Wildman–Crippen LogP) is 5.19. The summed E-state index contributed by atoms with van der Waals surface area (Å²) in [4.78, 5) is 21.2. The first-order valence-electron chi connectivity index (χ1n) is 13.7. The van der Waals surface area contributed by atoms with E-state index in [0.717, 1.165) is 92.0 Å². The van der Waals surface area contributed by atoms with Crippen molar-refractivity contribution in [3.8, 4) is 0 Å². The number of carbonyl (C=O) groups is 1. The minimum Gasteiger partial charge on any atom is -0.454 e. The van der Waals surface area contributed by atoms with Gasteiger partial charge in [0.05, 0.1) is 13.1 Å². The van der Waals surface area contributed by atoms with E-state index in [1.807, 2.05) is 24.3 Å². The van der Waals surface area contributed by atoms with E-state index in [1.54, 1.807) is 0 Å². The number of aryl methyl sites for hydroxylation is 1. The van der Waals surface area contributed by atoms with Crippen molar-refractivity contribution < 1.29 is 18.4 Å². The molecule has 0 radical (unpaired) electrons. The quantitative estimate of drug-likeness (QED) is 0.353. The Balaban J connectivity index is 1.22. The van der Waals surface area contributed by atoms with Gasteiger partial charge in [-0.25, -0.2) is 9.78 Å². The van der Waals surface area contributed by atoms with Gasteiger partial charge < -0.3 is 13.6 Å². The molecule has 4 saturated heterocycles. The normalized spacial score (nSPS) is 28.2. The third kappa shape index (κ3) is 4.24. The number of fused-ring (bicyclic) bond motifs is 4. The Labute approximate surface area is 213 Å². The molecule has 0 amide bonds. The minimum atomic E-state index is -0.753. The van der Waals surface area contributed by atoms with Crippen LogP contribution in [0.5, 0.6) is 0 Å². The summed E-state index contributed by atoms with van der Waals surface area (Å²) in [6.07, 6.45) is 5.61. The summed E-state index contributed by atoms with van der Waals surface area (Å²) in [5.74, 6) is 1.15. The molecule has 4 fully saturated rings. The van der Waals surface area contributed by atoms with Crippen molar-refractivity contribution in [2.75, 3.05) is 32.7 Å². The molecule has 0 saturated carbocycles. The zero-order valence-electron chi connectivity index (χ0n) is 21.6. The highest BCUT2D eigenvalue weighted by Crippen LogP contribution is 2.40. The molecule has 0 unspecified atom stereocenters. The summed E-state index contributed by atoms with van der Waals surface area (Å²) < 4.78 is 13.5. The van der Waals surface area contributed by atoms with Gasteiger partial charge in [0.25, 0.3) is 5.89 Å². The highest BCUT2D eigenvalue weighted by atomic mass is 16.5. The molecule has 190 valence electrons. The van der Waals surface area contributed by atoms with E-state index in [4.69, 9.17) is 14.1 Å². The van der Waals surface area contributed by atoms with E-state index in [9.17, 15) is 4.79 Å². The fraction of sp³-hybridized carbons (Fsp3) is 0.533. The minimum absolute atomic E-state index is 0.0561. The maximum Gasteiger partial charge on any atom is 0.331 e. The van der Waals surface area contributed by atoms with Gasteiger partial charge in [0, 0.05) is 18.8 Å². The lowest BCUT2D eigenvalue weighted by Crippen LogP contribution is -2.64. The van der Waals surface area contributed by atoms with Gasteiger partial charge >= 0.3 is 5.97 Å². The van der Waals surface area contributed by atoms with Crippen LogP contribution in [-0.2, 0) is 21.6 Å². The Bertz CT molecular complexity index is 1220. The molecule has 6 heteroatoms. The number of quaternary nitrogens is 1. The first-order chi connectivity index (χ1) is 17.5. The molecule has 6 nitrogen and oxygen atoms in total. The van der Waals surface area contributed by atoms with Crippen molar-refractivity contribution in [2.45, 2.75) is 64.1 Å². The van der Waals surface area contributed by atoms with Gasteiger partial charge in [-0.15, -0.1) is 0 Å². The van der Waals surface area contributed by atoms with Gasteiger partial charge in [0.1, 0.15) is 17.6 Å². The second kappa shape index (κ2) is 9.31. The van der Waals surface area contributed by atoms with Crippen molar-refractivity contribution in [1.82, 2.24) is 9.88 Å². The Morgan fingerprint density at radius 3 is 2.61 bits per heavy atom. The maximum absolute atomic E-state index is 14.0. The van der Waals surface area contributed by atoms with Gasteiger partial charge in [0.2, 0.25) is 0 Å². The Hall–Kier alpha value is -2.70. The van der Waals surface area contributed by atoms with E-state index in [-0.39, 0.29) is 12.1 Å². The van der Waals surface area contributed by atoms with Crippen LogP contribution in [0.15, 0.2) is 52.9 Å². The first-order valence-corrected chi connectivity index (χ1v) is 13.7. The number of hydrogen-bond acceptors (Lipinski definition) is 5. The first kappa shape index (κ1) is 23.7. The zero-order valence-corrected chi connectivity index (χ0v) is 21.6. The van der Waals surface area contributed by atoms with Crippen molar-refractivity contribution in [3.05, 3.63) is 65.5 Å². The van der Waals surface area contributed by atoms with Crippen LogP contribution in [-0.4, -0.2) is 59.2 Å². The fourth-order valence-corrected chi connectivity index (χ4v) is 6.80. The second-order valence-electron chi connectivity index (χ2n) is 11.5. The van der Waals surface area contributed by atoms with Crippen LogP contribution < -0.4 is 0 Å². The number of nitrogens with zero attached hydrogens (tertiary/aromatic N) is 3.